The van der Waals surface area contributed by atoms with Gasteiger partial charge in [-0.2, -0.15) is 16.9 Å². The van der Waals surface area contributed by atoms with Crippen molar-refractivity contribution in [2.45, 2.75) is 11.8 Å². The molecule has 5 nitrogen and oxygen atoms in total. The lowest BCUT2D eigenvalue weighted by Gasteiger charge is -2.18. The van der Waals surface area contributed by atoms with E-state index in [1.807, 2.05) is 36.0 Å². The number of halogens is 1. The molecule has 1 atom stereocenters. The molecule has 0 fully saturated rings. The molecule has 0 spiro atoms. The molecule has 0 saturated carbocycles. The number of benzene rings is 1. The zero-order valence-corrected chi connectivity index (χ0v) is 15.2. The first-order valence-electron chi connectivity index (χ1n) is 7.33. The Balaban J connectivity index is 1.90. The Hall–Kier alpha value is -1.66. The van der Waals surface area contributed by atoms with Gasteiger partial charge in [0, 0.05) is 37.1 Å². The van der Waals surface area contributed by atoms with Crippen molar-refractivity contribution in [3.05, 3.63) is 52.8 Å². The van der Waals surface area contributed by atoms with Crippen molar-refractivity contribution in [2.75, 3.05) is 19.8 Å². The van der Waals surface area contributed by atoms with Gasteiger partial charge in [-0.05, 0) is 30.0 Å². The molecule has 2 aromatic rings. The van der Waals surface area contributed by atoms with E-state index in [1.165, 1.54) is 5.56 Å². The quantitative estimate of drug-likeness (QED) is 0.620. The van der Waals surface area contributed by atoms with Crippen LogP contribution in [0.15, 0.2) is 41.5 Å². The minimum Gasteiger partial charge on any atom is -0.355 e. The fourth-order valence-corrected chi connectivity index (χ4v) is 3.07. The topological polar surface area (TPSA) is 54.2 Å². The van der Waals surface area contributed by atoms with Crippen molar-refractivity contribution in [3.8, 4) is 0 Å². The first-order valence-corrected chi connectivity index (χ1v) is 9.00. The maximum absolute atomic E-state index is 6.08. The molecule has 1 aromatic carbocycles. The van der Waals surface area contributed by atoms with Gasteiger partial charge >= 0.3 is 0 Å². The van der Waals surface area contributed by atoms with Gasteiger partial charge in [-0.3, -0.25) is 9.67 Å². The van der Waals surface area contributed by atoms with Crippen LogP contribution in [0.5, 0.6) is 0 Å². The molecule has 0 amide bonds. The van der Waals surface area contributed by atoms with Crippen molar-refractivity contribution < 1.29 is 0 Å². The van der Waals surface area contributed by atoms with E-state index in [4.69, 9.17) is 11.6 Å². The Morgan fingerprint density at radius 1 is 1.39 bits per heavy atom. The van der Waals surface area contributed by atoms with Gasteiger partial charge in [-0.15, -0.1) is 0 Å². The number of aliphatic imine (C=N–C) groups is 1. The van der Waals surface area contributed by atoms with Crippen molar-refractivity contribution >= 4 is 29.3 Å². The molecule has 2 N–H and O–H groups in total. The average Bonchev–Trinajstić information content (AvgIpc) is 2.96. The summed E-state index contributed by atoms with van der Waals surface area (Å²) < 4.78 is 1.84. The van der Waals surface area contributed by atoms with Crippen LogP contribution in [0, 0.1) is 0 Å². The highest BCUT2D eigenvalue weighted by Crippen LogP contribution is 2.27. The summed E-state index contributed by atoms with van der Waals surface area (Å²) in [5, 5.41) is 11.9. The summed E-state index contributed by atoms with van der Waals surface area (Å²) in [4.78, 5) is 4.26. The Labute approximate surface area is 146 Å². The third kappa shape index (κ3) is 5.18. The molecule has 0 saturated heterocycles. The van der Waals surface area contributed by atoms with Gasteiger partial charge < -0.3 is 10.6 Å². The van der Waals surface area contributed by atoms with Crippen molar-refractivity contribution in [1.82, 2.24) is 20.4 Å². The summed E-state index contributed by atoms with van der Waals surface area (Å²) in [6.07, 6.45) is 3.88. The van der Waals surface area contributed by atoms with Crippen LogP contribution in [0.4, 0.5) is 0 Å². The second kappa shape index (κ2) is 8.84. The minimum atomic E-state index is 0.309. The van der Waals surface area contributed by atoms with Gasteiger partial charge in [-0.1, -0.05) is 23.7 Å². The van der Waals surface area contributed by atoms with E-state index in [0.717, 1.165) is 23.2 Å². The molecule has 0 bridgehead atoms. The molecule has 1 unspecified atom stereocenters. The third-order valence-corrected chi connectivity index (χ3v) is 4.79. The lowest BCUT2D eigenvalue weighted by atomic mass is 10.1. The second-order valence-corrected chi connectivity index (χ2v) is 6.51. The van der Waals surface area contributed by atoms with Gasteiger partial charge in [0.1, 0.15) is 0 Å². The number of hydrogen-bond donors (Lipinski definition) is 2. The summed E-state index contributed by atoms with van der Waals surface area (Å²) in [5.74, 6) is 0.771. The van der Waals surface area contributed by atoms with Crippen LogP contribution in [-0.4, -0.2) is 35.6 Å². The summed E-state index contributed by atoms with van der Waals surface area (Å²) >= 11 is 7.87. The molecule has 2 rings (SSSR count). The summed E-state index contributed by atoms with van der Waals surface area (Å²) in [5.41, 5.74) is 2.31. The Bertz CT molecular complexity index is 655. The number of thioether (sulfide) groups is 1. The highest BCUT2D eigenvalue weighted by atomic mass is 35.5. The highest BCUT2D eigenvalue weighted by molar-refractivity contribution is 7.98. The smallest absolute Gasteiger partial charge is 0.191 e. The number of nitrogens with zero attached hydrogens (tertiary/aromatic N) is 3. The normalized spacial score (nSPS) is 13.0. The monoisotopic (exact) mass is 351 g/mol. The fourth-order valence-electron chi connectivity index (χ4n) is 2.20. The molecule has 0 aliphatic rings. The Morgan fingerprint density at radius 2 is 2.22 bits per heavy atom. The van der Waals surface area contributed by atoms with Gasteiger partial charge in [-0.25, -0.2) is 0 Å². The molecule has 0 aliphatic heterocycles. The average molecular weight is 352 g/mol. The van der Waals surface area contributed by atoms with Gasteiger partial charge in [0.05, 0.1) is 12.2 Å². The lowest BCUT2D eigenvalue weighted by molar-refractivity contribution is 0.683. The van der Waals surface area contributed by atoms with E-state index >= 15 is 0 Å². The van der Waals surface area contributed by atoms with Crippen LogP contribution in [0.2, 0.25) is 5.02 Å². The maximum atomic E-state index is 6.08. The highest BCUT2D eigenvalue weighted by Gasteiger charge is 2.11. The van der Waals surface area contributed by atoms with Gasteiger partial charge in [0.2, 0.25) is 0 Å². The molecule has 1 heterocycles. The van der Waals surface area contributed by atoms with Gasteiger partial charge in [0.25, 0.3) is 0 Å². The van der Waals surface area contributed by atoms with Crippen LogP contribution in [0.1, 0.15) is 16.5 Å². The molecular formula is C16H22ClN5S. The van der Waals surface area contributed by atoms with Crippen LogP contribution < -0.4 is 10.6 Å². The summed E-state index contributed by atoms with van der Waals surface area (Å²) in [6, 6.07) is 9.97. The first kappa shape index (κ1) is 17.7. The summed E-state index contributed by atoms with van der Waals surface area (Å²) in [6.45, 7) is 1.45. The second-order valence-electron chi connectivity index (χ2n) is 5.03. The SMILES string of the molecule is CN=C(NCc1ccnn1C)NCC(SC)c1cccc(Cl)c1. The van der Waals surface area contributed by atoms with E-state index in [0.29, 0.717) is 11.8 Å². The van der Waals surface area contributed by atoms with Crippen LogP contribution in [0.25, 0.3) is 0 Å². The van der Waals surface area contributed by atoms with Crippen molar-refractivity contribution in [3.63, 3.8) is 0 Å². The molecular weight excluding hydrogens is 330 g/mol. The zero-order valence-electron chi connectivity index (χ0n) is 13.6. The number of hydrogen-bond acceptors (Lipinski definition) is 3. The third-order valence-electron chi connectivity index (χ3n) is 3.54. The number of guanidine groups is 1. The van der Waals surface area contributed by atoms with Crippen LogP contribution >= 0.6 is 23.4 Å². The van der Waals surface area contributed by atoms with Gasteiger partial charge in [0.15, 0.2) is 5.96 Å². The largest absolute Gasteiger partial charge is 0.355 e. The van der Waals surface area contributed by atoms with E-state index in [2.05, 4.69) is 33.0 Å². The van der Waals surface area contributed by atoms with E-state index in [-0.39, 0.29) is 0 Å². The number of nitrogens with one attached hydrogen (secondary N) is 2. The molecule has 124 valence electrons. The predicted molar refractivity (Wildman–Crippen MR) is 99.1 cm³/mol. The zero-order chi connectivity index (χ0) is 16.7. The first-order chi connectivity index (χ1) is 11.1. The Morgan fingerprint density at radius 3 is 2.83 bits per heavy atom. The van der Waals surface area contributed by atoms with E-state index in [1.54, 1.807) is 25.0 Å². The molecule has 0 radical (unpaired) electrons. The minimum absolute atomic E-state index is 0.309. The lowest BCUT2D eigenvalue weighted by Crippen LogP contribution is -2.38. The van der Waals surface area contributed by atoms with Crippen molar-refractivity contribution in [1.29, 1.82) is 0 Å². The maximum Gasteiger partial charge on any atom is 0.191 e. The van der Waals surface area contributed by atoms with Crippen LogP contribution in [0.3, 0.4) is 0 Å². The molecule has 0 aliphatic carbocycles. The molecule has 23 heavy (non-hydrogen) atoms. The number of rotatable bonds is 6. The molecule has 1 aromatic heterocycles. The van der Waals surface area contributed by atoms with E-state index in [9.17, 15) is 0 Å². The fraction of sp³-hybridized carbons (Fsp3) is 0.375. The number of aromatic nitrogens is 2. The molecule has 7 heteroatoms. The number of aryl methyl sites for hydroxylation is 1. The van der Waals surface area contributed by atoms with E-state index < -0.39 is 0 Å². The van der Waals surface area contributed by atoms with Crippen molar-refractivity contribution in [2.24, 2.45) is 12.0 Å². The summed E-state index contributed by atoms with van der Waals surface area (Å²) in [7, 11) is 3.70. The predicted octanol–water partition coefficient (Wildman–Crippen LogP) is 2.84. The Kier molecular flexibility index (Phi) is 6.80. The standard InChI is InChI=1S/C16H22ClN5S/c1-18-16(19-10-14-7-8-21-22(14)2)20-11-15(23-3)12-5-4-6-13(17)9-12/h4-9,15H,10-11H2,1-3H3,(H2,18,19,20). The van der Waals surface area contributed by atoms with Crippen LogP contribution in [-0.2, 0) is 13.6 Å².